The van der Waals surface area contributed by atoms with E-state index in [4.69, 9.17) is 4.74 Å². The molecule has 0 saturated carbocycles. The SMILES string of the molecule is CCOC(=O)CCCC(C)C=O. The molecule has 12 heavy (non-hydrogen) atoms. The molecule has 0 rings (SSSR count). The number of ether oxygens (including phenoxy) is 1. The maximum absolute atomic E-state index is 10.8. The summed E-state index contributed by atoms with van der Waals surface area (Å²) in [5.74, 6) is -0.116. The van der Waals surface area contributed by atoms with E-state index in [1.807, 2.05) is 6.92 Å². The van der Waals surface area contributed by atoms with Crippen LogP contribution in [-0.4, -0.2) is 18.9 Å². The third-order valence-corrected chi connectivity index (χ3v) is 1.58. The Bertz CT molecular complexity index is 143. The van der Waals surface area contributed by atoms with Crippen molar-refractivity contribution in [2.75, 3.05) is 6.61 Å². The normalized spacial score (nSPS) is 12.2. The molecule has 0 aromatic rings. The van der Waals surface area contributed by atoms with E-state index in [1.54, 1.807) is 6.92 Å². The van der Waals surface area contributed by atoms with Gasteiger partial charge in [0.05, 0.1) is 6.61 Å². The highest BCUT2D eigenvalue weighted by atomic mass is 16.5. The van der Waals surface area contributed by atoms with E-state index in [9.17, 15) is 9.59 Å². The molecular formula is C9H16O3. The van der Waals surface area contributed by atoms with Crippen LogP contribution in [0.2, 0.25) is 0 Å². The number of carbonyl (C=O) groups is 2. The van der Waals surface area contributed by atoms with Crippen LogP contribution in [0.1, 0.15) is 33.1 Å². The van der Waals surface area contributed by atoms with E-state index in [0.717, 1.165) is 19.1 Å². The summed E-state index contributed by atoms with van der Waals surface area (Å²) < 4.78 is 4.73. The third kappa shape index (κ3) is 5.89. The van der Waals surface area contributed by atoms with Crippen molar-refractivity contribution in [3.05, 3.63) is 0 Å². The molecule has 0 bridgehead atoms. The second-order valence-corrected chi connectivity index (χ2v) is 2.81. The first kappa shape index (κ1) is 11.1. The molecule has 0 spiro atoms. The van der Waals surface area contributed by atoms with Crippen molar-refractivity contribution in [1.82, 2.24) is 0 Å². The standard InChI is InChI=1S/C9H16O3/c1-3-12-9(11)6-4-5-8(2)7-10/h7-8H,3-6H2,1-2H3. The summed E-state index contributed by atoms with van der Waals surface area (Å²) in [6, 6.07) is 0. The highest BCUT2D eigenvalue weighted by Crippen LogP contribution is 2.05. The first-order chi connectivity index (χ1) is 5.70. The van der Waals surface area contributed by atoms with Gasteiger partial charge < -0.3 is 9.53 Å². The number of rotatable bonds is 6. The van der Waals surface area contributed by atoms with Gasteiger partial charge in [-0.25, -0.2) is 0 Å². The van der Waals surface area contributed by atoms with Crippen molar-refractivity contribution in [3.8, 4) is 0 Å². The molecule has 70 valence electrons. The summed E-state index contributed by atoms with van der Waals surface area (Å²) in [4.78, 5) is 21.0. The predicted octanol–water partition coefficient (Wildman–Crippen LogP) is 1.55. The number of esters is 1. The maximum atomic E-state index is 10.8. The van der Waals surface area contributed by atoms with Gasteiger partial charge >= 0.3 is 5.97 Å². The van der Waals surface area contributed by atoms with Crippen LogP contribution in [0.4, 0.5) is 0 Å². The van der Waals surface area contributed by atoms with E-state index in [0.29, 0.717) is 13.0 Å². The van der Waals surface area contributed by atoms with Crippen molar-refractivity contribution in [2.45, 2.75) is 33.1 Å². The third-order valence-electron chi connectivity index (χ3n) is 1.58. The molecule has 1 unspecified atom stereocenters. The molecule has 3 heteroatoms. The minimum atomic E-state index is -0.171. The van der Waals surface area contributed by atoms with Crippen LogP contribution < -0.4 is 0 Å². The molecule has 3 nitrogen and oxygen atoms in total. The lowest BCUT2D eigenvalue weighted by molar-refractivity contribution is -0.143. The molecule has 0 fully saturated rings. The summed E-state index contributed by atoms with van der Waals surface area (Å²) >= 11 is 0. The zero-order chi connectivity index (χ0) is 9.40. The average molecular weight is 172 g/mol. The van der Waals surface area contributed by atoms with Gasteiger partial charge in [0.2, 0.25) is 0 Å². The van der Waals surface area contributed by atoms with Crippen molar-refractivity contribution >= 4 is 12.3 Å². The average Bonchev–Trinajstić information content (AvgIpc) is 2.04. The minimum absolute atomic E-state index is 0.0550. The van der Waals surface area contributed by atoms with Gasteiger partial charge in [-0.2, -0.15) is 0 Å². The van der Waals surface area contributed by atoms with Gasteiger partial charge in [-0.15, -0.1) is 0 Å². The predicted molar refractivity (Wildman–Crippen MR) is 45.7 cm³/mol. The molecule has 0 aliphatic carbocycles. The fourth-order valence-electron chi connectivity index (χ4n) is 0.870. The fourth-order valence-corrected chi connectivity index (χ4v) is 0.870. The number of aldehydes is 1. The fraction of sp³-hybridized carbons (Fsp3) is 0.778. The van der Waals surface area contributed by atoms with Gasteiger partial charge in [0.15, 0.2) is 0 Å². The van der Waals surface area contributed by atoms with Crippen LogP contribution in [0.25, 0.3) is 0 Å². The number of hydrogen-bond acceptors (Lipinski definition) is 3. The van der Waals surface area contributed by atoms with Gasteiger partial charge in [0.1, 0.15) is 6.29 Å². The smallest absolute Gasteiger partial charge is 0.305 e. The van der Waals surface area contributed by atoms with E-state index in [1.165, 1.54) is 0 Å². The Balaban J connectivity index is 3.30. The lowest BCUT2D eigenvalue weighted by Gasteiger charge is -2.02. The number of hydrogen-bond donors (Lipinski definition) is 0. The molecule has 0 N–H and O–H groups in total. The Labute approximate surface area is 73.1 Å². The molecular weight excluding hydrogens is 156 g/mol. The Morgan fingerprint density at radius 3 is 2.75 bits per heavy atom. The van der Waals surface area contributed by atoms with Crippen molar-refractivity contribution in [1.29, 1.82) is 0 Å². The Hall–Kier alpha value is -0.860. The molecule has 0 aliphatic rings. The quantitative estimate of drug-likeness (QED) is 0.451. The topological polar surface area (TPSA) is 43.4 Å². The lowest BCUT2D eigenvalue weighted by Crippen LogP contribution is -2.04. The molecule has 0 amide bonds. The molecule has 0 heterocycles. The Morgan fingerprint density at radius 1 is 1.58 bits per heavy atom. The second kappa shape index (κ2) is 6.83. The summed E-state index contributed by atoms with van der Waals surface area (Å²) in [7, 11) is 0. The van der Waals surface area contributed by atoms with Crippen LogP contribution >= 0.6 is 0 Å². The summed E-state index contributed by atoms with van der Waals surface area (Å²) in [5.41, 5.74) is 0. The van der Waals surface area contributed by atoms with Gasteiger partial charge in [-0.1, -0.05) is 6.92 Å². The van der Waals surface area contributed by atoms with E-state index < -0.39 is 0 Å². The zero-order valence-electron chi connectivity index (χ0n) is 7.71. The van der Waals surface area contributed by atoms with Crippen molar-refractivity contribution < 1.29 is 14.3 Å². The van der Waals surface area contributed by atoms with E-state index in [-0.39, 0.29) is 11.9 Å². The highest BCUT2D eigenvalue weighted by Gasteiger charge is 2.03. The van der Waals surface area contributed by atoms with Gasteiger partial charge in [0.25, 0.3) is 0 Å². The van der Waals surface area contributed by atoms with Gasteiger partial charge in [0, 0.05) is 12.3 Å². The molecule has 1 atom stereocenters. The second-order valence-electron chi connectivity index (χ2n) is 2.81. The molecule has 0 aliphatic heterocycles. The first-order valence-corrected chi connectivity index (χ1v) is 4.31. The van der Waals surface area contributed by atoms with Crippen LogP contribution in [0.15, 0.2) is 0 Å². The molecule has 0 aromatic heterocycles. The monoisotopic (exact) mass is 172 g/mol. The Morgan fingerprint density at radius 2 is 2.25 bits per heavy atom. The first-order valence-electron chi connectivity index (χ1n) is 4.31. The molecule has 0 aromatic carbocycles. The van der Waals surface area contributed by atoms with Gasteiger partial charge in [-0.3, -0.25) is 4.79 Å². The van der Waals surface area contributed by atoms with Crippen molar-refractivity contribution in [3.63, 3.8) is 0 Å². The van der Waals surface area contributed by atoms with Crippen LogP contribution in [-0.2, 0) is 14.3 Å². The van der Waals surface area contributed by atoms with E-state index in [2.05, 4.69) is 0 Å². The Kier molecular flexibility index (Phi) is 6.34. The van der Waals surface area contributed by atoms with E-state index >= 15 is 0 Å². The summed E-state index contributed by atoms with van der Waals surface area (Å²) in [6.07, 6.45) is 2.83. The van der Waals surface area contributed by atoms with Crippen molar-refractivity contribution in [2.24, 2.45) is 5.92 Å². The summed E-state index contributed by atoms with van der Waals surface area (Å²) in [6.45, 7) is 4.06. The maximum Gasteiger partial charge on any atom is 0.305 e. The van der Waals surface area contributed by atoms with Crippen LogP contribution in [0.3, 0.4) is 0 Å². The molecule has 0 radical (unpaired) electrons. The van der Waals surface area contributed by atoms with Gasteiger partial charge in [-0.05, 0) is 19.8 Å². The largest absolute Gasteiger partial charge is 0.466 e. The highest BCUT2D eigenvalue weighted by molar-refractivity contribution is 5.69. The van der Waals surface area contributed by atoms with Crippen LogP contribution in [0, 0.1) is 5.92 Å². The van der Waals surface area contributed by atoms with Crippen LogP contribution in [0.5, 0.6) is 0 Å². The molecule has 0 saturated heterocycles. The zero-order valence-corrected chi connectivity index (χ0v) is 7.71. The lowest BCUT2D eigenvalue weighted by atomic mass is 10.1. The number of carbonyl (C=O) groups excluding carboxylic acids is 2. The minimum Gasteiger partial charge on any atom is -0.466 e. The summed E-state index contributed by atoms with van der Waals surface area (Å²) in [5, 5.41) is 0.